The first-order valence-corrected chi connectivity index (χ1v) is 7.04. The van der Waals surface area contributed by atoms with E-state index in [0.717, 1.165) is 25.9 Å². The molecule has 0 heterocycles. The maximum absolute atomic E-state index is 12.2. The Labute approximate surface area is 113 Å². The number of hydrogen-bond donors (Lipinski definition) is 3. The number of nitrogens with one attached hydrogen (secondary N) is 2. The summed E-state index contributed by atoms with van der Waals surface area (Å²) in [7, 11) is 0. The average molecular weight is 266 g/mol. The summed E-state index contributed by atoms with van der Waals surface area (Å²) < 4.78 is 0. The monoisotopic (exact) mass is 266 g/mol. The van der Waals surface area contributed by atoms with Crippen LogP contribution in [0.3, 0.4) is 0 Å². The summed E-state index contributed by atoms with van der Waals surface area (Å²) in [5, 5.41) is 15.3. The van der Waals surface area contributed by atoms with E-state index in [9.17, 15) is 14.7 Å². The molecule has 2 aliphatic carbocycles. The van der Waals surface area contributed by atoms with Gasteiger partial charge in [-0.1, -0.05) is 19.1 Å². The highest BCUT2D eigenvalue weighted by atomic mass is 16.4. The second-order valence-electron chi connectivity index (χ2n) is 5.34. The molecule has 0 saturated heterocycles. The van der Waals surface area contributed by atoms with Crippen LogP contribution in [0.4, 0.5) is 0 Å². The molecule has 0 aromatic carbocycles. The molecule has 2 rings (SSSR count). The van der Waals surface area contributed by atoms with E-state index < -0.39 is 11.9 Å². The third-order valence-corrected chi connectivity index (χ3v) is 4.13. The Morgan fingerprint density at radius 3 is 2.53 bits per heavy atom. The van der Waals surface area contributed by atoms with Crippen LogP contribution in [0.2, 0.25) is 0 Å². The van der Waals surface area contributed by atoms with Crippen LogP contribution < -0.4 is 10.6 Å². The summed E-state index contributed by atoms with van der Waals surface area (Å²) >= 11 is 0. The smallest absolute Gasteiger partial charge is 0.307 e. The van der Waals surface area contributed by atoms with Crippen molar-refractivity contribution in [3.05, 3.63) is 12.2 Å². The molecular formula is C14H22N2O3. The first kappa shape index (κ1) is 14.1. The summed E-state index contributed by atoms with van der Waals surface area (Å²) in [4.78, 5) is 23.5. The minimum Gasteiger partial charge on any atom is -0.481 e. The second-order valence-corrected chi connectivity index (χ2v) is 5.34. The zero-order valence-corrected chi connectivity index (χ0v) is 11.3. The van der Waals surface area contributed by atoms with E-state index in [2.05, 4.69) is 10.6 Å². The Morgan fingerprint density at radius 1 is 1.21 bits per heavy atom. The third-order valence-electron chi connectivity index (χ3n) is 4.13. The van der Waals surface area contributed by atoms with Gasteiger partial charge in [0, 0.05) is 6.54 Å². The fourth-order valence-electron chi connectivity index (χ4n) is 3.24. The van der Waals surface area contributed by atoms with Crippen LogP contribution in [0, 0.1) is 23.7 Å². The van der Waals surface area contributed by atoms with E-state index in [1.165, 1.54) is 0 Å². The van der Waals surface area contributed by atoms with Crippen molar-refractivity contribution < 1.29 is 14.7 Å². The molecule has 1 amide bonds. The molecule has 0 aromatic rings. The van der Waals surface area contributed by atoms with Gasteiger partial charge >= 0.3 is 5.97 Å². The highest BCUT2D eigenvalue weighted by molar-refractivity contribution is 5.86. The molecule has 3 N–H and O–H groups in total. The molecule has 1 fully saturated rings. The van der Waals surface area contributed by atoms with E-state index in [0.29, 0.717) is 6.54 Å². The quantitative estimate of drug-likeness (QED) is 0.466. The average Bonchev–Trinajstić information content (AvgIpc) is 2.98. The molecule has 5 heteroatoms. The van der Waals surface area contributed by atoms with Crippen molar-refractivity contribution in [3.63, 3.8) is 0 Å². The summed E-state index contributed by atoms with van der Waals surface area (Å²) in [5.41, 5.74) is 0. The summed E-state index contributed by atoms with van der Waals surface area (Å²) in [6, 6.07) is 0. The normalized spacial score (nSPS) is 31.6. The van der Waals surface area contributed by atoms with Gasteiger partial charge in [-0.25, -0.2) is 0 Å². The minimum atomic E-state index is -0.843. The van der Waals surface area contributed by atoms with Crippen molar-refractivity contribution >= 4 is 11.9 Å². The van der Waals surface area contributed by atoms with Gasteiger partial charge in [0.2, 0.25) is 5.91 Å². The van der Waals surface area contributed by atoms with Crippen molar-refractivity contribution in [1.29, 1.82) is 0 Å². The molecule has 4 atom stereocenters. The lowest BCUT2D eigenvalue weighted by Gasteiger charge is -2.23. The Morgan fingerprint density at radius 2 is 1.89 bits per heavy atom. The number of amides is 1. The predicted octanol–water partition coefficient (Wildman–Crippen LogP) is 0.625. The van der Waals surface area contributed by atoms with Gasteiger partial charge in [0.05, 0.1) is 11.8 Å². The van der Waals surface area contributed by atoms with Gasteiger partial charge < -0.3 is 15.7 Å². The molecule has 0 aliphatic heterocycles. The lowest BCUT2D eigenvalue weighted by molar-refractivity contribution is -0.147. The van der Waals surface area contributed by atoms with Gasteiger partial charge in [0.15, 0.2) is 0 Å². The number of carboxylic acid groups (broad SMARTS) is 1. The molecule has 4 unspecified atom stereocenters. The highest BCUT2D eigenvalue weighted by Gasteiger charge is 2.51. The number of carbonyl (C=O) groups excluding carboxylic acids is 1. The zero-order chi connectivity index (χ0) is 13.8. The van der Waals surface area contributed by atoms with Gasteiger partial charge in [-0.2, -0.15) is 0 Å². The van der Waals surface area contributed by atoms with Crippen molar-refractivity contribution in [3.8, 4) is 0 Å². The Balaban J connectivity index is 1.84. The van der Waals surface area contributed by atoms with Crippen LogP contribution >= 0.6 is 0 Å². The standard InChI is InChI=1S/C14H22N2O3/c1-2-15-6-3-7-16-13(17)11-9-4-5-10(8-9)12(11)14(18)19/h4-5,9-12,15H,2-3,6-8H2,1H3,(H,16,17)(H,18,19). The van der Waals surface area contributed by atoms with Crippen molar-refractivity contribution in [2.45, 2.75) is 19.8 Å². The molecular weight excluding hydrogens is 244 g/mol. The van der Waals surface area contributed by atoms with Crippen molar-refractivity contribution in [1.82, 2.24) is 10.6 Å². The van der Waals surface area contributed by atoms with Gasteiger partial charge in [0.1, 0.15) is 0 Å². The molecule has 0 spiro atoms. The van der Waals surface area contributed by atoms with Crippen LogP contribution in [0.25, 0.3) is 0 Å². The Hall–Kier alpha value is -1.36. The summed E-state index contributed by atoms with van der Waals surface area (Å²) in [6.45, 7) is 4.44. The van der Waals surface area contributed by atoms with Gasteiger partial charge in [0.25, 0.3) is 0 Å². The fourth-order valence-corrected chi connectivity index (χ4v) is 3.24. The zero-order valence-electron chi connectivity index (χ0n) is 11.3. The Kier molecular flexibility index (Phi) is 4.58. The molecule has 2 aliphatic rings. The number of fused-ring (bicyclic) bond motifs is 2. The predicted molar refractivity (Wildman–Crippen MR) is 71.5 cm³/mol. The van der Waals surface area contributed by atoms with E-state index in [1.807, 2.05) is 19.1 Å². The highest BCUT2D eigenvalue weighted by Crippen LogP contribution is 2.48. The van der Waals surface area contributed by atoms with Crippen molar-refractivity contribution in [2.75, 3.05) is 19.6 Å². The lowest BCUT2D eigenvalue weighted by atomic mass is 9.82. The number of aliphatic carboxylic acids is 1. The van der Waals surface area contributed by atoms with Crippen LogP contribution in [0.5, 0.6) is 0 Å². The van der Waals surface area contributed by atoms with E-state index in [1.54, 1.807) is 0 Å². The molecule has 1 saturated carbocycles. The van der Waals surface area contributed by atoms with Crippen LogP contribution in [-0.4, -0.2) is 36.6 Å². The summed E-state index contributed by atoms with van der Waals surface area (Å²) in [5.74, 6) is -1.71. The van der Waals surface area contributed by atoms with E-state index >= 15 is 0 Å². The van der Waals surface area contributed by atoms with Crippen LogP contribution in [0.1, 0.15) is 19.8 Å². The van der Waals surface area contributed by atoms with E-state index in [4.69, 9.17) is 0 Å². The summed E-state index contributed by atoms with van der Waals surface area (Å²) in [6.07, 6.45) is 5.64. The van der Waals surface area contributed by atoms with Crippen molar-refractivity contribution in [2.24, 2.45) is 23.7 Å². The maximum atomic E-state index is 12.2. The number of carboxylic acids is 1. The third kappa shape index (κ3) is 2.97. The number of carbonyl (C=O) groups is 2. The first-order chi connectivity index (χ1) is 9.15. The number of hydrogen-bond acceptors (Lipinski definition) is 3. The maximum Gasteiger partial charge on any atom is 0.307 e. The van der Waals surface area contributed by atoms with E-state index in [-0.39, 0.29) is 23.7 Å². The molecule has 19 heavy (non-hydrogen) atoms. The molecule has 0 aromatic heterocycles. The minimum absolute atomic E-state index is 0.0417. The van der Waals surface area contributed by atoms with Gasteiger partial charge in [-0.15, -0.1) is 0 Å². The lowest BCUT2D eigenvalue weighted by Crippen LogP contribution is -2.40. The second kappa shape index (κ2) is 6.19. The van der Waals surface area contributed by atoms with Crippen LogP contribution in [0.15, 0.2) is 12.2 Å². The Bertz CT molecular complexity index is 381. The SMILES string of the molecule is CCNCCCNC(=O)C1C2C=CC(C2)C1C(=O)O. The van der Waals surface area contributed by atoms with Gasteiger partial charge in [-0.3, -0.25) is 9.59 Å². The first-order valence-electron chi connectivity index (χ1n) is 7.04. The van der Waals surface area contributed by atoms with Gasteiger partial charge in [-0.05, 0) is 37.8 Å². The molecule has 0 radical (unpaired) electrons. The molecule has 106 valence electrons. The largest absolute Gasteiger partial charge is 0.481 e. The fraction of sp³-hybridized carbons (Fsp3) is 0.714. The molecule has 2 bridgehead atoms. The number of allylic oxidation sites excluding steroid dienone is 2. The number of rotatable bonds is 7. The topological polar surface area (TPSA) is 78.4 Å². The molecule has 5 nitrogen and oxygen atoms in total. The van der Waals surface area contributed by atoms with Crippen LogP contribution in [-0.2, 0) is 9.59 Å².